The number of hydrogen-bond acceptors (Lipinski definition) is 4. The number of nitrogens with zero attached hydrogens (tertiary/aromatic N) is 2. The van der Waals surface area contributed by atoms with Crippen LogP contribution >= 0.6 is 23.2 Å². The van der Waals surface area contributed by atoms with E-state index in [0.717, 1.165) is 0 Å². The normalized spacial score (nSPS) is 15.1. The molecule has 1 aliphatic heterocycles. The largest absolute Gasteiger partial charge is 0.478 e. The fraction of sp³-hybridized carbons (Fsp3) is 0.353. The number of hydrogen-bond donors (Lipinski definition) is 3. The summed E-state index contributed by atoms with van der Waals surface area (Å²) >= 11 is 12.1. The van der Waals surface area contributed by atoms with Crippen LogP contribution < -0.4 is 10.2 Å². The van der Waals surface area contributed by atoms with Crippen molar-refractivity contribution in [1.29, 1.82) is 0 Å². The number of carboxylic acids is 1. The lowest BCUT2D eigenvalue weighted by Crippen LogP contribution is -2.45. The first-order valence-electron chi connectivity index (χ1n) is 8.15. The Morgan fingerprint density at radius 2 is 2.00 bits per heavy atom. The number of rotatable bonds is 4. The molecule has 0 bridgehead atoms. The third-order valence-corrected chi connectivity index (χ3v) is 5.43. The maximum Gasteiger partial charge on any atom is 0.339 e. The van der Waals surface area contributed by atoms with Crippen LogP contribution in [0, 0.1) is 6.92 Å². The first kappa shape index (κ1) is 18.5. The number of H-pyrrole nitrogens is 1. The van der Waals surface area contributed by atoms with Gasteiger partial charge < -0.3 is 20.3 Å². The molecule has 2 aromatic rings. The third-order valence-electron chi connectivity index (χ3n) is 4.48. The lowest BCUT2D eigenvalue weighted by molar-refractivity contribution is 0.0697. The molecule has 0 atom stereocenters. The Balaban J connectivity index is 1.63. The maximum absolute atomic E-state index is 12.4. The van der Waals surface area contributed by atoms with Gasteiger partial charge in [0.2, 0.25) is 0 Å². The summed E-state index contributed by atoms with van der Waals surface area (Å²) in [7, 11) is 0. The lowest BCUT2D eigenvalue weighted by atomic mass is 10.0. The topological polar surface area (TPSA) is 98.3 Å². The van der Waals surface area contributed by atoms with Gasteiger partial charge in [-0.15, -0.1) is 0 Å². The van der Waals surface area contributed by atoms with Gasteiger partial charge in [-0.2, -0.15) is 0 Å². The standard InChI is InChI=1S/C17H18Cl2N4O3/c1-9-13(18)14(19)15(21-9)16(24)22-10-3-6-23(7-4-10)12-2-5-20-8-11(12)17(25)26/h2,5,8,10,21H,3-4,6-7H2,1H3,(H,22,24)(H,25,26). The molecule has 7 nitrogen and oxygen atoms in total. The monoisotopic (exact) mass is 396 g/mol. The van der Waals surface area contributed by atoms with Gasteiger partial charge in [-0.25, -0.2) is 4.79 Å². The molecule has 3 heterocycles. The Morgan fingerprint density at radius 1 is 1.31 bits per heavy atom. The quantitative estimate of drug-likeness (QED) is 0.737. The fourth-order valence-corrected chi connectivity index (χ4v) is 3.49. The molecule has 26 heavy (non-hydrogen) atoms. The second kappa shape index (κ2) is 7.55. The third kappa shape index (κ3) is 3.64. The predicted octanol–water partition coefficient (Wildman–Crippen LogP) is 3.12. The van der Waals surface area contributed by atoms with Crippen molar-refractivity contribution in [3.63, 3.8) is 0 Å². The van der Waals surface area contributed by atoms with Crippen LogP contribution in [0.25, 0.3) is 0 Å². The lowest BCUT2D eigenvalue weighted by Gasteiger charge is -2.34. The van der Waals surface area contributed by atoms with Crippen molar-refractivity contribution in [2.45, 2.75) is 25.8 Å². The number of carbonyl (C=O) groups is 2. The molecule has 0 saturated carbocycles. The molecule has 0 aromatic carbocycles. The van der Waals surface area contributed by atoms with Crippen molar-refractivity contribution in [2.75, 3.05) is 18.0 Å². The van der Waals surface area contributed by atoms with Crippen molar-refractivity contribution < 1.29 is 14.7 Å². The number of carbonyl (C=O) groups excluding carboxylic acids is 1. The molecule has 0 aliphatic carbocycles. The van der Waals surface area contributed by atoms with Crippen molar-refractivity contribution >= 4 is 40.8 Å². The molecule has 138 valence electrons. The van der Waals surface area contributed by atoms with Crippen LogP contribution in [0.5, 0.6) is 0 Å². The number of aromatic carboxylic acids is 1. The molecule has 3 N–H and O–H groups in total. The van der Waals surface area contributed by atoms with E-state index >= 15 is 0 Å². The summed E-state index contributed by atoms with van der Waals surface area (Å²) in [6.45, 7) is 3.01. The number of amides is 1. The van der Waals surface area contributed by atoms with Crippen LogP contribution in [0.2, 0.25) is 10.0 Å². The molecular weight excluding hydrogens is 379 g/mol. The van der Waals surface area contributed by atoms with Crippen molar-refractivity contribution in [3.8, 4) is 0 Å². The zero-order valence-electron chi connectivity index (χ0n) is 14.1. The zero-order valence-corrected chi connectivity index (χ0v) is 15.6. The highest BCUT2D eigenvalue weighted by atomic mass is 35.5. The Bertz CT molecular complexity index is 845. The van der Waals surface area contributed by atoms with Gasteiger partial charge >= 0.3 is 5.97 Å². The number of carboxylic acid groups (broad SMARTS) is 1. The highest BCUT2D eigenvalue weighted by molar-refractivity contribution is 6.44. The second-order valence-electron chi connectivity index (χ2n) is 6.19. The van der Waals surface area contributed by atoms with E-state index in [1.54, 1.807) is 19.2 Å². The van der Waals surface area contributed by atoms with Crippen LogP contribution in [-0.4, -0.2) is 46.1 Å². The van der Waals surface area contributed by atoms with Crippen LogP contribution in [0.3, 0.4) is 0 Å². The molecule has 0 radical (unpaired) electrons. The van der Waals surface area contributed by atoms with Gasteiger partial charge in [0.15, 0.2) is 0 Å². The number of piperidine rings is 1. The van der Waals surface area contributed by atoms with E-state index in [-0.39, 0.29) is 28.2 Å². The van der Waals surface area contributed by atoms with Crippen LogP contribution in [0.4, 0.5) is 5.69 Å². The van der Waals surface area contributed by atoms with E-state index in [1.807, 2.05) is 4.90 Å². The number of anilines is 1. The number of aryl methyl sites for hydroxylation is 1. The van der Waals surface area contributed by atoms with E-state index in [2.05, 4.69) is 15.3 Å². The summed E-state index contributed by atoms with van der Waals surface area (Å²) < 4.78 is 0. The van der Waals surface area contributed by atoms with Crippen LogP contribution in [0.1, 0.15) is 39.4 Å². The van der Waals surface area contributed by atoms with Gasteiger partial charge in [-0.1, -0.05) is 23.2 Å². The predicted molar refractivity (Wildman–Crippen MR) is 99.4 cm³/mol. The summed E-state index contributed by atoms with van der Waals surface area (Å²) in [5, 5.41) is 12.8. The molecule has 0 spiro atoms. The Hall–Kier alpha value is -2.25. The van der Waals surface area contributed by atoms with Crippen LogP contribution in [-0.2, 0) is 0 Å². The fourth-order valence-electron chi connectivity index (χ4n) is 3.08. The smallest absolute Gasteiger partial charge is 0.339 e. The summed E-state index contributed by atoms with van der Waals surface area (Å²) in [6.07, 6.45) is 4.32. The van der Waals surface area contributed by atoms with Gasteiger partial charge in [-0.3, -0.25) is 9.78 Å². The van der Waals surface area contributed by atoms with Crippen molar-refractivity contribution in [2.24, 2.45) is 0 Å². The van der Waals surface area contributed by atoms with Crippen molar-refractivity contribution in [1.82, 2.24) is 15.3 Å². The second-order valence-corrected chi connectivity index (χ2v) is 6.94. The molecule has 1 saturated heterocycles. The first-order chi connectivity index (χ1) is 12.4. The summed E-state index contributed by atoms with van der Waals surface area (Å²) in [5.74, 6) is -1.30. The van der Waals surface area contributed by atoms with Gasteiger partial charge in [0.25, 0.3) is 5.91 Å². The minimum Gasteiger partial charge on any atom is -0.478 e. The number of aromatic nitrogens is 2. The first-order valence-corrected chi connectivity index (χ1v) is 8.90. The molecular formula is C17H18Cl2N4O3. The number of aromatic amines is 1. The van der Waals surface area contributed by atoms with Gasteiger partial charge in [0, 0.05) is 37.2 Å². The molecule has 1 fully saturated rings. The Kier molecular flexibility index (Phi) is 5.38. The average molecular weight is 397 g/mol. The van der Waals surface area contributed by atoms with E-state index in [0.29, 0.717) is 42.3 Å². The Morgan fingerprint density at radius 3 is 2.58 bits per heavy atom. The van der Waals surface area contributed by atoms with Gasteiger partial charge in [0.05, 0.1) is 15.7 Å². The van der Waals surface area contributed by atoms with Gasteiger partial charge in [-0.05, 0) is 25.8 Å². The zero-order chi connectivity index (χ0) is 18.8. The maximum atomic E-state index is 12.4. The van der Waals surface area contributed by atoms with E-state index in [1.165, 1.54) is 6.20 Å². The summed E-state index contributed by atoms with van der Waals surface area (Å²) in [6, 6.07) is 1.68. The van der Waals surface area contributed by atoms with Crippen LogP contribution in [0.15, 0.2) is 18.5 Å². The summed E-state index contributed by atoms with van der Waals surface area (Å²) in [4.78, 5) is 32.5. The van der Waals surface area contributed by atoms with E-state index in [4.69, 9.17) is 23.2 Å². The molecule has 1 amide bonds. The SMILES string of the molecule is Cc1[nH]c(C(=O)NC2CCN(c3ccncc3C(=O)O)CC2)c(Cl)c1Cl. The molecule has 2 aromatic heterocycles. The number of halogens is 2. The molecule has 3 rings (SSSR count). The van der Waals surface area contributed by atoms with Crippen molar-refractivity contribution in [3.05, 3.63) is 45.5 Å². The van der Waals surface area contributed by atoms with E-state index in [9.17, 15) is 14.7 Å². The number of pyridine rings is 1. The minimum absolute atomic E-state index is 0.0210. The highest BCUT2D eigenvalue weighted by Gasteiger charge is 2.26. The highest BCUT2D eigenvalue weighted by Crippen LogP contribution is 2.29. The molecule has 9 heteroatoms. The molecule has 0 unspecified atom stereocenters. The molecule has 1 aliphatic rings. The minimum atomic E-state index is -1.00. The Labute approximate surface area is 160 Å². The number of nitrogens with one attached hydrogen (secondary N) is 2. The van der Waals surface area contributed by atoms with E-state index < -0.39 is 5.97 Å². The summed E-state index contributed by atoms with van der Waals surface area (Å²) in [5.41, 5.74) is 1.74. The average Bonchev–Trinajstić information content (AvgIpc) is 2.90. The van der Waals surface area contributed by atoms with Gasteiger partial charge in [0.1, 0.15) is 11.3 Å².